The Morgan fingerprint density at radius 2 is 2.22 bits per heavy atom. The smallest absolute Gasteiger partial charge is 0.247 e. The molecule has 2 N–H and O–H groups in total. The quantitative estimate of drug-likeness (QED) is 0.914. The molecule has 0 radical (unpaired) electrons. The molecule has 2 unspecified atom stereocenters. The summed E-state index contributed by atoms with van der Waals surface area (Å²) in [4.78, 5) is 0.170. The van der Waals surface area contributed by atoms with Gasteiger partial charge in [-0.15, -0.1) is 0 Å². The zero-order chi connectivity index (χ0) is 13.5. The first kappa shape index (κ1) is 14.0. The highest BCUT2D eigenvalue weighted by atomic mass is 79.9. The van der Waals surface area contributed by atoms with E-state index in [0.29, 0.717) is 18.2 Å². The van der Waals surface area contributed by atoms with Gasteiger partial charge in [0, 0.05) is 18.7 Å². The van der Waals surface area contributed by atoms with Crippen molar-refractivity contribution < 1.29 is 12.8 Å². The molecule has 0 aromatic carbocycles. The number of rotatable bonds is 3. The highest BCUT2D eigenvalue weighted by Gasteiger charge is 2.38. The number of furan rings is 1. The molecule has 0 spiro atoms. The van der Waals surface area contributed by atoms with Crippen molar-refractivity contribution in [3.05, 3.63) is 16.5 Å². The topological polar surface area (TPSA) is 76.5 Å². The van der Waals surface area contributed by atoms with E-state index >= 15 is 0 Å². The van der Waals surface area contributed by atoms with Crippen LogP contribution in [-0.2, 0) is 16.6 Å². The minimum absolute atomic E-state index is 0.0214. The van der Waals surface area contributed by atoms with E-state index in [-0.39, 0.29) is 22.2 Å². The summed E-state index contributed by atoms with van der Waals surface area (Å²) in [5, 5.41) is 0. The maximum absolute atomic E-state index is 12.5. The summed E-state index contributed by atoms with van der Waals surface area (Å²) in [6.45, 7) is 4.72. The summed E-state index contributed by atoms with van der Waals surface area (Å²) in [7, 11) is -3.50. The average Bonchev–Trinajstić information content (AvgIpc) is 2.82. The summed E-state index contributed by atoms with van der Waals surface area (Å²) < 4.78 is 32.1. The Balaban J connectivity index is 2.39. The van der Waals surface area contributed by atoms with Gasteiger partial charge in [0.2, 0.25) is 10.0 Å². The van der Waals surface area contributed by atoms with Crippen LogP contribution in [0.2, 0.25) is 0 Å². The van der Waals surface area contributed by atoms with Crippen LogP contribution in [0.25, 0.3) is 0 Å². The second-order valence-corrected chi connectivity index (χ2v) is 7.40. The van der Waals surface area contributed by atoms with Gasteiger partial charge in [-0.2, -0.15) is 4.31 Å². The van der Waals surface area contributed by atoms with Crippen LogP contribution in [0.15, 0.2) is 20.0 Å². The molecule has 7 heteroatoms. The Morgan fingerprint density at radius 3 is 2.67 bits per heavy atom. The molecular weight excluding hydrogens is 320 g/mol. The molecule has 1 aliphatic rings. The van der Waals surface area contributed by atoms with Crippen LogP contribution in [0.5, 0.6) is 0 Å². The molecule has 0 saturated carbocycles. The van der Waals surface area contributed by atoms with Gasteiger partial charge < -0.3 is 10.2 Å². The van der Waals surface area contributed by atoms with Crippen LogP contribution < -0.4 is 5.73 Å². The fraction of sp³-hybridized carbons (Fsp3) is 0.636. The summed E-state index contributed by atoms with van der Waals surface area (Å²) in [6, 6.07) is 1.52. The van der Waals surface area contributed by atoms with E-state index in [1.165, 1.54) is 10.4 Å². The number of hydrogen-bond donors (Lipinski definition) is 1. The van der Waals surface area contributed by atoms with Crippen LogP contribution in [0.4, 0.5) is 0 Å². The lowest BCUT2D eigenvalue weighted by Crippen LogP contribution is -2.33. The lowest BCUT2D eigenvalue weighted by Gasteiger charge is -2.20. The zero-order valence-electron chi connectivity index (χ0n) is 10.4. The fourth-order valence-electron chi connectivity index (χ4n) is 2.40. The molecule has 1 saturated heterocycles. The van der Waals surface area contributed by atoms with Crippen molar-refractivity contribution in [1.82, 2.24) is 4.31 Å². The molecule has 2 atom stereocenters. The lowest BCUT2D eigenvalue weighted by atomic mass is 10.1. The van der Waals surface area contributed by atoms with E-state index in [2.05, 4.69) is 22.9 Å². The zero-order valence-corrected chi connectivity index (χ0v) is 12.8. The van der Waals surface area contributed by atoms with Crippen LogP contribution in [0.3, 0.4) is 0 Å². The van der Waals surface area contributed by atoms with Gasteiger partial charge in [0.05, 0.1) is 6.54 Å². The SMILES string of the molecule is CC1CC(C)N(S(=O)(=O)c2cc(CN)oc2Br)C1. The molecule has 2 heterocycles. The number of hydrogen-bond acceptors (Lipinski definition) is 4. The van der Waals surface area contributed by atoms with Gasteiger partial charge in [0.15, 0.2) is 4.67 Å². The van der Waals surface area contributed by atoms with Gasteiger partial charge in [-0.25, -0.2) is 8.42 Å². The summed E-state index contributed by atoms with van der Waals surface area (Å²) in [5.41, 5.74) is 5.46. The number of nitrogens with zero attached hydrogens (tertiary/aromatic N) is 1. The Morgan fingerprint density at radius 1 is 1.56 bits per heavy atom. The molecule has 2 rings (SSSR count). The predicted octanol–water partition coefficient (Wildman–Crippen LogP) is 1.92. The second-order valence-electron chi connectivity index (χ2n) is 4.82. The molecule has 0 aliphatic carbocycles. The van der Waals surface area contributed by atoms with Crippen molar-refractivity contribution in [2.75, 3.05) is 6.54 Å². The molecule has 1 aromatic rings. The Labute approximate surface area is 116 Å². The molecule has 0 amide bonds. The van der Waals surface area contributed by atoms with E-state index in [1.54, 1.807) is 0 Å². The molecule has 5 nitrogen and oxygen atoms in total. The third-order valence-corrected chi connectivity index (χ3v) is 6.06. The summed E-state index contributed by atoms with van der Waals surface area (Å²) in [5.74, 6) is 0.842. The summed E-state index contributed by atoms with van der Waals surface area (Å²) >= 11 is 3.15. The predicted molar refractivity (Wildman–Crippen MR) is 71.4 cm³/mol. The molecule has 102 valence electrons. The van der Waals surface area contributed by atoms with Crippen molar-refractivity contribution in [2.24, 2.45) is 11.7 Å². The van der Waals surface area contributed by atoms with Gasteiger partial charge in [-0.3, -0.25) is 0 Å². The largest absolute Gasteiger partial charge is 0.452 e. The van der Waals surface area contributed by atoms with E-state index in [0.717, 1.165) is 6.42 Å². The number of nitrogens with two attached hydrogens (primary N) is 1. The summed E-state index contributed by atoms with van der Waals surface area (Å²) in [6.07, 6.45) is 0.887. The molecule has 1 aliphatic heterocycles. The molecular formula is C11H17BrN2O3S. The van der Waals surface area contributed by atoms with Gasteiger partial charge in [0.25, 0.3) is 0 Å². The molecule has 1 fully saturated rings. The van der Waals surface area contributed by atoms with Crippen molar-refractivity contribution in [3.63, 3.8) is 0 Å². The maximum Gasteiger partial charge on any atom is 0.247 e. The van der Waals surface area contributed by atoms with Crippen molar-refractivity contribution in [2.45, 2.75) is 37.8 Å². The maximum atomic E-state index is 12.5. The van der Waals surface area contributed by atoms with E-state index in [9.17, 15) is 8.42 Å². The highest BCUT2D eigenvalue weighted by Crippen LogP contribution is 2.33. The van der Waals surface area contributed by atoms with E-state index < -0.39 is 10.0 Å². The number of sulfonamides is 1. The van der Waals surface area contributed by atoms with Gasteiger partial charge in [-0.1, -0.05) is 6.92 Å². The minimum atomic E-state index is -3.50. The third-order valence-electron chi connectivity index (χ3n) is 3.22. The highest BCUT2D eigenvalue weighted by molar-refractivity contribution is 9.10. The van der Waals surface area contributed by atoms with Crippen LogP contribution in [0.1, 0.15) is 26.0 Å². The first-order chi connectivity index (χ1) is 8.36. The molecule has 0 bridgehead atoms. The van der Waals surface area contributed by atoms with Crippen LogP contribution >= 0.6 is 15.9 Å². The first-order valence-corrected chi connectivity index (χ1v) is 8.09. The first-order valence-electron chi connectivity index (χ1n) is 5.86. The van der Waals surface area contributed by atoms with Crippen molar-refractivity contribution in [3.8, 4) is 0 Å². The lowest BCUT2D eigenvalue weighted by molar-refractivity contribution is 0.403. The Bertz CT molecular complexity index is 540. The van der Waals surface area contributed by atoms with Crippen molar-refractivity contribution in [1.29, 1.82) is 0 Å². The van der Waals surface area contributed by atoms with Crippen LogP contribution in [-0.4, -0.2) is 25.3 Å². The van der Waals surface area contributed by atoms with Gasteiger partial charge in [0.1, 0.15) is 10.7 Å². The normalized spacial score (nSPS) is 25.8. The Hall–Kier alpha value is -0.370. The third kappa shape index (κ3) is 2.36. The second kappa shape index (κ2) is 4.96. The van der Waals surface area contributed by atoms with E-state index in [4.69, 9.17) is 10.2 Å². The number of halogens is 1. The average molecular weight is 337 g/mol. The monoisotopic (exact) mass is 336 g/mol. The van der Waals surface area contributed by atoms with Crippen LogP contribution in [0, 0.1) is 5.92 Å². The fourth-order valence-corrected chi connectivity index (χ4v) is 5.12. The molecule has 1 aromatic heterocycles. The minimum Gasteiger partial charge on any atom is -0.452 e. The van der Waals surface area contributed by atoms with E-state index in [1.807, 2.05) is 6.92 Å². The van der Waals surface area contributed by atoms with Gasteiger partial charge >= 0.3 is 0 Å². The standard InChI is InChI=1S/C11H17BrN2O3S/c1-7-3-8(2)14(6-7)18(15,16)10-4-9(5-13)17-11(10)12/h4,7-8H,3,5-6,13H2,1-2H3. The Kier molecular flexibility index (Phi) is 3.87. The van der Waals surface area contributed by atoms with Crippen molar-refractivity contribution >= 4 is 26.0 Å². The van der Waals surface area contributed by atoms with Gasteiger partial charge in [-0.05, 0) is 35.2 Å². The molecule has 18 heavy (non-hydrogen) atoms.